The summed E-state index contributed by atoms with van der Waals surface area (Å²) >= 11 is 0. The summed E-state index contributed by atoms with van der Waals surface area (Å²) in [7, 11) is 0. The van der Waals surface area contributed by atoms with Crippen molar-refractivity contribution in [3.8, 4) is 44.5 Å². The average molecular weight is 922 g/mol. The minimum Gasteiger partial charge on any atom is -0.314 e. The average Bonchev–Trinajstić information content (AvgIpc) is 3.90. The maximum Gasteiger partial charge on any atom is 0.0722 e. The summed E-state index contributed by atoms with van der Waals surface area (Å²) in [6.07, 6.45) is 13.8. The molecule has 10 aromatic carbocycles. The second-order valence-electron chi connectivity index (χ2n) is 21.3. The van der Waals surface area contributed by atoms with Crippen molar-refractivity contribution in [3.05, 3.63) is 270 Å². The number of nitrogens with zero attached hydrogens (tertiary/aromatic N) is 1. The fraction of sp³-hybridized carbons (Fsp3) is 0.127. The minimum atomic E-state index is -0.393. The molecule has 4 aliphatic rings. The van der Waals surface area contributed by atoms with E-state index in [0.29, 0.717) is 0 Å². The molecule has 0 radical (unpaired) electrons. The molecule has 0 amide bonds. The van der Waals surface area contributed by atoms with E-state index >= 15 is 0 Å². The second-order valence-corrected chi connectivity index (χ2v) is 21.3. The Morgan fingerprint density at radius 2 is 1.00 bits per heavy atom. The quantitative estimate of drug-likeness (QED) is 0.150. The zero-order valence-electron chi connectivity index (χ0n) is 41.2. The van der Waals surface area contributed by atoms with Crippen molar-refractivity contribution in [1.82, 2.24) is 0 Å². The van der Waals surface area contributed by atoms with Crippen molar-refractivity contribution in [2.24, 2.45) is 5.41 Å². The van der Waals surface area contributed by atoms with Gasteiger partial charge in [-0.2, -0.15) is 0 Å². The van der Waals surface area contributed by atoms with Crippen molar-refractivity contribution in [3.63, 3.8) is 0 Å². The molecule has 0 aliphatic heterocycles. The predicted octanol–water partition coefficient (Wildman–Crippen LogP) is 19.4. The monoisotopic (exact) mass is 921 g/mol. The maximum atomic E-state index is 2.61. The van der Waals surface area contributed by atoms with Gasteiger partial charge in [0.25, 0.3) is 0 Å². The van der Waals surface area contributed by atoms with Crippen LogP contribution in [0.4, 0.5) is 11.4 Å². The summed E-state index contributed by atoms with van der Waals surface area (Å²) in [4.78, 5) is 2.61. The molecule has 0 heterocycles. The largest absolute Gasteiger partial charge is 0.314 e. The highest BCUT2D eigenvalue weighted by atomic mass is 15.1. The van der Waals surface area contributed by atoms with Gasteiger partial charge in [-0.15, -0.1) is 0 Å². The first-order valence-corrected chi connectivity index (χ1v) is 25.9. The Morgan fingerprint density at radius 1 is 0.417 bits per heavy atom. The number of anilines is 2. The molecule has 4 aliphatic carbocycles. The molecular formula is C71H55N. The van der Waals surface area contributed by atoms with E-state index in [1.807, 2.05) is 0 Å². The molecule has 10 aromatic rings. The Morgan fingerprint density at radius 3 is 1.67 bits per heavy atom. The Labute approximate surface area is 423 Å². The van der Waals surface area contributed by atoms with Crippen LogP contribution < -0.4 is 4.90 Å². The standard InChI is InChI=1S/C71H55N/c1-70(2,3)49-35-37-50(38-36-49)72(52-39-41-57-56-30-17-20-34-65(56)71(66(57)44-52)63-32-18-15-28-54(63)55-29-16-19-33-64(55)71)51-40-42-59-62(43-51)53-27-13-14-31-58(53)68-61(47-23-9-5-10-24-47)45-60(46-21-7-4-8-22-46)67(69(59)68)48-25-11-6-12-26-48/h4-16,18-29,31-35,37,39-45H,17,30,36,38H2,1-3H3. The Balaban J connectivity index is 1.07. The first kappa shape index (κ1) is 42.6. The first-order valence-electron chi connectivity index (χ1n) is 25.9. The van der Waals surface area contributed by atoms with E-state index in [1.165, 1.54) is 133 Å². The summed E-state index contributed by atoms with van der Waals surface area (Å²) in [6, 6.07) is 78.0. The first-order chi connectivity index (χ1) is 35.4. The highest BCUT2D eigenvalue weighted by molar-refractivity contribution is 6.33. The third-order valence-electron chi connectivity index (χ3n) is 16.5. The van der Waals surface area contributed by atoms with Crippen LogP contribution in [0.1, 0.15) is 68.7 Å². The van der Waals surface area contributed by atoms with Gasteiger partial charge >= 0.3 is 0 Å². The van der Waals surface area contributed by atoms with E-state index in [2.05, 4.69) is 256 Å². The van der Waals surface area contributed by atoms with Crippen LogP contribution in [0.3, 0.4) is 0 Å². The molecule has 0 saturated carbocycles. The number of fused-ring (bicyclic) bond motifs is 15. The van der Waals surface area contributed by atoms with Crippen molar-refractivity contribution in [2.75, 3.05) is 4.90 Å². The third-order valence-corrected chi connectivity index (χ3v) is 16.5. The van der Waals surface area contributed by atoms with Crippen LogP contribution in [-0.4, -0.2) is 0 Å². The zero-order valence-corrected chi connectivity index (χ0v) is 41.2. The molecule has 344 valence electrons. The SMILES string of the molecule is CC(C)(C)C1=CC=C(N(c2ccc3c(c2)C2(C4=C3CCC=C4)c3ccccc3-c3ccccc32)c2ccc3c(c2)c2ccccc2c2c(-c4ccccc4)cc(-c4ccccc4)c(-c4ccccc4)c32)CC1. The molecule has 0 fully saturated rings. The molecule has 1 heteroatoms. The fourth-order valence-electron chi connectivity index (χ4n) is 13.3. The lowest BCUT2D eigenvalue weighted by molar-refractivity contribution is 0.479. The van der Waals surface area contributed by atoms with Gasteiger partial charge in [-0.25, -0.2) is 0 Å². The molecule has 1 spiro atoms. The number of benzene rings is 10. The molecule has 0 N–H and O–H groups in total. The summed E-state index contributed by atoms with van der Waals surface area (Å²) in [5, 5.41) is 7.59. The lowest BCUT2D eigenvalue weighted by Crippen LogP contribution is -2.27. The molecule has 0 saturated heterocycles. The number of hydrogen-bond acceptors (Lipinski definition) is 1. The van der Waals surface area contributed by atoms with E-state index < -0.39 is 5.41 Å². The second kappa shape index (κ2) is 16.4. The van der Waals surface area contributed by atoms with Gasteiger partial charge in [0.05, 0.1) is 5.41 Å². The molecule has 0 aromatic heterocycles. The lowest BCUT2D eigenvalue weighted by atomic mass is 9.69. The summed E-state index contributed by atoms with van der Waals surface area (Å²) in [6.45, 7) is 7.06. The number of allylic oxidation sites excluding steroid dienone is 8. The van der Waals surface area contributed by atoms with Crippen LogP contribution in [-0.2, 0) is 5.41 Å². The van der Waals surface area contributed by atoms with Gasteiger partial charge < -0.3 is 4.90 Å². The van der Waals surface area contributed by atoms with E-state index in [1.54, 1.807) is 0 Å². The molecule has 0 atom stereocenters. The lowest BCUT2D eigenvalue weighted by Gasteiger charge is -2.35. The van der Waals surface area contributed by atoms with Crippen molar-refractivity contribution in [1.29, 1.82) is 0 Å². The van der Waals surface area contributed by atoms with Crippen molar-refractivity contribution < 1.29 is 0 Å². The normalized spacial score (nSPS) is 15.4. The summed E-state index contributed by atoms with van der Waals surface area (Å²) < 4.78 is 0. The summed E-state index contributed by atoms with van der Waals surface area (Å²) in [5.41, 5.74) is 23.5. The van der Waals surface area contributed by atoms with E-state index in [9.17, 15) is 0 Å². The Bertz CT molecular complexity index is 3940. The highest BCUT2D eigenvalue weighted by Gasteiger charge is 2.52. The molecule has 14 rings (SSSR count). The van der Waals surface area contributed by atoms with Crippen LogP contribution in [0.2, 0.25) is 0 Å². The highest BCUT2D eigenvalue weighted by Crippen LogP contribution is 2.64. The van der Waals surface area contributed by atoms with Gasteiger partial charge in [0, 0.05) is 17.1 Å². The molecule has 72 heavy (non-hydrogen) atoms. The van der Waals surface area contributed by atoms with Gasteiger partial charge in [0.2, 0.25) is 0 Å². The van der Waals surface area contributed by atoms with Gasteiger partial charge in [0.15, 0.2) is 0 Å². The van der Waals surface area contributed by atoms with E-state index in [0.717, 1.165) is 25.7 Å². The molecule has 0 unspecified atom stereocenters. The molecular weight excluding hydrogens is 867 g/mol. The smallest absolute Gasteiger partial charge is 0.0722 e. The molecule has 0 bridgehead atoms. The van der Waals surface area contributed by atoms with Gasteiger partial charge in [-0.3, -0.25) is 0 Å². The van der Waals surface area contributed by atoms with Crippen LogP contribution in [0.15, 0.2) is 247 Å². The molecule has 1 nitrogen and oxygen atoms in total. The summed E-state index contributed by atoms with van der Waals surface area (Å²) in [5.74, 6) is 0. The van der Waals surface area contributed by atoms with Crippen LogP contribution >= 0.6 is 0 Å². The minimum absolute atomic E-state index is 0.102. The van der Waals surface area contributed by atoms with Crippen molar-refractivity contribution >= 4 is 49.3 Å². The third kappa shape index (κ3) is 6.33. The topological polar surface area (TPSA) is 3.24 Å². The maximum absolute atomic E-state index is 2.61. The number of rotatable bonds is 6. The van der Waals surface area contributed by atoms with Crippen LogP contribution in [0, 0.1) is 5.41 Å². The van der Waals surface area contributed by atoms with Crippen molar-refractivity contribution in [2.45, 2.75) is 51.9 Å². The Kier molecular flexibility index (Phi) is 9.71. The number of hydrogen-bond donors (Lipinski definition) is 0. The van der Waals surface area contributed by atoms with Gasteiger partial charge in [-0.1, -0.05) is 220 Å². The van der Waals surface area contributed by atoms with Gasteiger partial charge in [-0.05, 0) is 178 Å². The van der Waals surface area contributed by atoms with Crippen LogP contribution in [0.25, 0.3) is 82.4 Å². The van der Waals surface area contributed by atoms with E-state index in [-0.39, 0.29) is 5.41 Å². The predicted molar refractivity (Wildman–Crippen MR) is 306 cm³/mol. The van der Waals surface area contributed by atoms with E-state index in [4.69, 9.17) is 0 Å². The zero-order chi connectivity index (χ0) is 48.1. The van der Waals surface area contributed by atoms with Gasteiger partial charge in [0.1, 0.15) is 0 Å². The fourth-order valence-corrected chi connectivity index (χ4v) is 13.3. The Hall–Kier alpha value is -8.26. The van der Waals surface area contributed by atoms with Crippen LogP contribution in [0.5, 0.6) is 0 Å².